The highest BCUT2D eigenvalue weighted by Crippen LogP contribution is 2.51. The van der Waals surface area contributed by atoms with Gasteiger partial charge < -0.3 is 9.47 Å². The van der Waals surface area contributed by atoms with E-state index in [2.05, 4.69) is 238 Å². The van der Waals surface area contributed by atoms with Crippen LogP contribution in [0.15, 0.2) is 212 Å². The minimum atomic E-state index is -0.109. The van der Waals surface area contributed by atoms with Gasteiger partial charge in [0.1, 0.15) is 0 Å². The Labute approximate surface area is 366 Å². The van der Waals surface area contributed by atoms with Crippen molar-refractivity contribution < 1.29 is 0 Å². The highest BCUT2D eigenvalue weighted by atomic mass is 15.1. The van der Waals surface area contributed by atoms with Crippen molar-refractivity contribution in [2.24, 2.45) is 0 Å². The van der Waals surface area contributed by atoms with E-state index in [1.54, 1.807) is 0 Å². The number of nitrogens with zero attached hydrogens (tertiary/aromatic N) is 2. The molecular formula is C60H50N2. The first-order valence-corrected chi connectivity index (χ1v) is 21.7. The van der Waals surface area contributed by atoms with E-state index >= 15 is 0 Å². The van der Waals surface area contributed by atoms with E-state index in [1.165, 1.54) is 94.4 Å². The lowest BCUT2D eigenvalue weighted by Crippen LogP contribution is -2.17. The predicted molar refractivity (Wildman–Crippen MR) is 265 cm³/mol. The zero-order chi connectivity index (χ0) is 42.4. The molecule has 0 N–H and O–H groups in total. The second-order valence-corrected chi connectivity index (χ2v) is 17.1. The second-order valence-electron chi connectivity index (χ2n) is 17.1. The molecule has 0 aliphatic heterocycles. The summed E-state index contributed by atoms with van der Waals surface area (Å²) in [6, 6.07) is 77.2. The molecule has 1 heterocycles. The van der Waals surface area contributed by atoms with E-state index in [0.717, 1.165) is 11.4 Å². The molecule has 0 amide bonds. The fraction of sp³-hybridized carbons (Fsp3) is 0.100. The molecule has 0 atom stereocenters. The molecule has 1 aliphatic rings. The van der Waals surface area contributed by atoms with E-state index in [9.17, 15) is 0 Å². The molecule has 2 nitrogen and oxygen atoms in total. The lowest BCUT2D eigenvalue weighted by atomic mass is 9.82. The Kier molecular flexibility index (Phi) is 9.93. The number of aryl methyl sites for hydroxylation is 2. The Hall–Kier alpha value is -7.42. The van der Waals surface area contributed by atoms with E-state index in [0.29, 0.717) is 0 Å². The Balaban J connectivity index is 0.000000598. The Bertz CT molecular complexity index is 3230. The number of para-hydroxylation sites is 3. The number of hydrogen-bond acceptors (Lipinski definition) is 1. The van der Waals surface area contributed by atoms with Gasteiger partial charge in [-0.2, -0.15) is 0 Å². The topological polar surface area (TPSA) is 8.17 Å². The molecular weight excluding hydrogens is 749 g/mol. The average Bonchev–Trinajstić information content (AvgIpc) is 3.76. The summed E-state index contributed by atoms with van der Waals surface area (Å²) in [5.74, 6) is 0. The number of aromatic nitrogens is 1. The maximum atomic E-state index is 2.47. The van der Waals surface area contributed by atoms with Gasteiger partial charge in [0.2, 0.25) is 0 Å². The molecule has 0 bridgehead atoms. The van der Waals surface area contributed by atoms with Crippen LogP contribution in [0, 0.1) is 20.8 Å². The number of hydrogen-bond donors (Lipinski definition) is 0. The van der Waals surface area contributed by atoms with Crippen LogP contribution in [0.3, 0.4) is 0 Å². The standard InChI is InChI=1S/C53H42N2.C7H8/c1-35-17-11-12-22-42(35)46-32-38(37-27-30-51-47(31-37)45-24-14-16-26-50(45)55(51)40-20-9-6-10-21-40)33-52(36(46)2)54(39-18-7-5-8-19-39)41-28-29-44-43-23-13-15-25-48(43)53(3,4)49(44)34-41;1-7-5-3-2-4-6-7/h5-34H,1-4H3;2-6H,1H3. The van der Waals surface area contributed by atoms with Gasteiger partial charge in [-0.15, -0.1) is 0 Å². The van der Waals surface area contributed by atoms with Gasteiger partial charge in [-0.25, -0.2) is 0 Å². The SMILES string of the molecule is Cc1ccccc1.Cc1ccccc1-c1cc(-c2ccc3c(c2)c2ccccc2n3-c2ccccc2)cc(N(c2ccccc2)c2ccc3c(c2)C(C)(C)c2ccccc2-3)c1C. The Morgan fingerprint density at radius 1 is 0.403 bits per heavy atom. The van der Waals surface area contributed by atoms with Crippen molar-refractivity contribution >= 4 is 38.9 Å². The van der Waals surface area contributed by atoms with Crippen LogP contribution in [-0.2, 0) is 5.41 Å². The van der Waals surface area contributed by atoms with Gasteiger partial charge in [-0.1, -0.05) is 165 Å². The molecule has 0 saturated carbocycles. The lowest BCUT2D eigenvalue weighted by molar-refractivity contribution is 0.660. The fourth-order valence-corrected chi connectivity index (χ4v) is 9.63. The maximum absolute atomic E-state index is 2.47. The summed E-state index contributed by atoms with van der Waals surface area (Å²) in [6.07, 6.45) is 0. The highest BCUT2D eigenvalue weighted by molar-refractivity contribution is 6.10. The van der Waals surface area contributed by atoms with E-state index < -0.39 is 0 Å². The van der Waals surface area contributed by atoms with Crippen LogP contribution in [0.5, 0.6) is 0 Å². The Morgan fingerprint density at radius 3 is 1.74 bits per heavy atom. The zero-order valence-electron chi connectivity index (χ0n) is 36.1. The summed E-state index contributed by atoms with van der Waals surface area (Å²) in [4.78, 5) is 2.47. The summed E-state index contributed by atoms with van der Waals surface area (Å²) >= 11 is 0. The third kappa shape index (κ3) is 6.79. The average molecular weight is 799 g/mol. The smallest absolute Gasteiger partial charge is 0.0541 e. The molecule has 0 spiro atoms. The van der Waals surface area contributed by atoms with Crippen LogP contribution >= 0.6 is 0 Å². The van der Waals surface area contributed by atoms with Crippen LogP contribution < -0.4 is 4.90 Å². The van der Waals surface area contributed by atoms with Crippen LogP contribution in [0.4, 0.5) is 17.1 Å². The molecule has 0 radical (unpaired) electrons. The van der Waals surface area contributed by atoms with Crippen LogP contribution in [0.1, 0.15) is 41.7 Å². The summed E-state index contributed by atoms with van der Waals surface area (Å²) < 4.78 is 2.39. The monoisotopic (exact) mass is 798 g/mol. The number of rotatable bonds is 6. The fourth-order valence-electron chi connectivity index (χ4n) is 9.63. The first-order valence-electron chi connectivity index (χ1n) is 21.7. The van der Waals surface area contributed by atoms with Gasteiger partial charge >= 0.3 is 0 Å². The van der Waals surface area contributed by atoms with Crippen molar-refractivity contribution in [2.45, 2.75) is 40.0 Å². The third-order valence-electron chi connectivity index (χ3n) is 12.9. The molecule has 0 fully saturated rings. The van der Waals surface area contributed by atoms with Crippen molar-refractivity contribution in [1.29, 1.82) is 0 Å². The normalized spacial score (nSPS) is 12.4. The molecule has 1 aliphatic carbocycles. The summed E-state index contributed by atoms with van der Waals surface area (Å²) in [5, 5.41) is 2.50. The van der Waals surface area contributed by atoms with Gasteiger partial charge in [-0.05, 0) is 143 Å². The van der Waals surface area contributed by atoms with Crippen LogP contribution in [0.25, 0.3) is 60.9 Å². The molecule has 11 rings (SSSR count). The van der Waals surface area contributed by atoms with Gasteiger partial charge in [0.15, 0.2) is 0 Å². The number of fused-ring (bicyclic) bond motifs is 6. The van der Waals surface area contributed by atoms with Crippen molar-refractivity contribution in [1.82, 2.24) is 4.57 Å². The molecule has 10 aromatic rings. The molecule has 300 valence electrons. The largest absolute Gasteiger partial charge is 0.310 e. The molecule has 0 unspecified atom stereocenters. The van der Waals surface area contributed by atoms with Gasteiger partial charge in [-0.3, -0.25) is 0 Å². The zero-order valence-corrected chi connectivity index (χ0v) is 36.1. The first-order chi connectivity index (χ1) is 30.3. The number of benzene rings is 9. The van der Waals surface area contributed by atoms with E-state index in [4.69, 9.17) is 0 Å². The van der Waals surface area contributed by atoms with Crippen molar-refractivity contribution in [3.05, 3.63) is 240 Å². The molecule has 1 aromatic heterocycles. The minimum Gasteiger partial charge on any atom is -0.310 e. The number of anilines is 3. The third-order valence-corrected chi connectivity index (χ3v) is 12.9. The van der Waals surface area contributed by atoms with Crippen molar-refractivity contribution in [2.75, 3.05) is 4.90 Å². The quantitative estimate of drug-likeness (QED) is 0.163. The second kappa shape index (κ2) is 15.9. The summed E-state index contributed by atoms with van der Waals surface area (Å²) in [6.45, 7) is 11.3. The maximum Gasteiger partial charge on any atom is 0.0541 e. The Morgan fingerprint density at radius 2 is 1.02 bits per heavy atom. The van der Waals surface area contributed by atoms with E-state index in [1.807, 2.05) is 18.2 Å². The van der Waals surface area contributed by atoms with Crippen molar-refractivity contribution in [3.8, 4) is 39.1 Å². The molecule has 0 saturated heterocycles. The summed E-state index contributed by atoms with van der Waals surface area (Å²) in [5.41, 5.74) is 21.0. The first kappa shape index (κ1) is 38.8. The van der Waals surface area contributed by atoms with Crippen LogP contribution in [-0.4, -0.2) is 4.57 Å². The van der Waals surface area contributed by atoms with Crippen LogP contribution in [0.2, 0.25) is 0 Å². The predicted octanol–water partition coefficient (Wildman–Crippen LogP) is 16.5. The van der Waals surface area contributed by atoms with Gasteiger partial charge in [0.25, 0.3) is 0 Å². The summed E-state index contributed by atoms with van der Waals surface area (Å²) in [7, 11) is 0. The van der Waals surface area contributed by atoms with Crippen molar-refractivity contribution in [3.63, 3.8) is 0 Å². The molecule has 2 heteroatoms. The highest BCUT2D eigenvalue weighted by Gasteiger charge is 2.36. The van der Waals surface area contributed by atoms with E-state index in [-0.39, 0.29) is 5.41 Å². The van der Waals surface area contributed by atoms with Gasteiger partial charge in [0, 0.05) is 33.2 Å². The molecule has 9 aromatic carbocycles. The van der Waals surface area contributed by atoms with Gasteiger partial charge in [0.05, 0.1) is 16.7 Å². The minimum absolute atomic E-state index is 0.109. The molecule has 62 heavy (non-hydrogen) atoms. The lowest BCUT2D eigenvalue weighted by Gasteiger charge is -2.30.